The smallest absolute Gasteiger partial charge is 0.246 e. The van der Waals surface area contributed by atoms with E-state index in [1.165, 1.54) is 0 Å². The lowest BCUT2D eigenvalue weighted by Crippen LogP contribution is -2.71. The van der Waals surface area contributed by atoms with E-state index in [1.54, 1.807) is 6.92 Å². The lowest BCUT2D eigenvalue weighted by atomic mass is 9.77. The number of piperazine rings is 1. The van der Waals surface area contributed by atoms with E-state index in [1.807, 2.05) is 4.90 Å². The molecule has 1 saturated carbocycles. The molecule has 2 aliphatic heterocycles. The Morgan fingerprint density at radius 1 is 1.19 bits per heavy atom. The van der Waals surface area contributed by atoms with Crippen LogP contribution in [0.15, 0.2) is 0 Å². The zero-order valence-corrected chi connectivity index (χ0v) is 13.1. The van der Waals surface area contributed by atoms with Gasteiger partial charge in [-0.25, -0.2) is 0 Å². The summed E-state index contributed by atoms with van der Waals surface area (Å²) >= 11 is 0. The molecule has 0 aromatic rings. The van der Waals surface area contributed by atoms with E-state index < -0.39 is 11.6 Å². The summed E-state index contributed by atoms with van der Waals surface area (Å²) in [6, 6.07) is -0.413. The molecule has 1 spiro atoms. The Morgan fingerprint density at radius 2 is 1.90 bits per heavy atom. The number of amides is 2. The molecule has 0 aromatic heterocycles. The number of nitrogens with zero attached hydrogens (tertiary/aromatic N) is 1. The summed E-state index contributed by atoms with van der Waals surface area (Å²) < 4.78 is 5.89. The van der Waals surface area contributed by atoms with Crippen molar-refractivity contribution in [2.75, 3.05) is 6.54 Å². The van der Waals surface area contributed by atoms with Gasteiger partial charge in [0.1, 0.15) is 11.6 Å². The van der Waals surface area contributed by atoms with Crippen LogP contribution in [0.2, 0.25) is 0 Å². The van der Waals surface area contributed by atoms with Gasteiger partial charge in [-0.15, -0.1) is 0 Å². The Labute approximate surface area is 126 Å². The van der Waals surface area contributed by atoms with Gasteiger partial charge in [-0.05, 0) is 39.5 Å². The van der Waals surface area contributed by atoms with Gasteiger partial charge in [0.05, 0.1) is 12.2 Å². The Hall–Kier alpha value is -1.10. The highest BCUT2D eigenvalue weighted by atomic mass is 16.5. The van der Waals surface area contributed by atoms with Crippen LogP contribution in [0, 0.1) is 0 Å². The number of hydrogen-bond acceptors (Lipinski definition) is 3. The molecule has 3 unspecified atom stereocenters. The van der Waals surface area contributed by atoms with Crippen molar-refractivity contribution in [2.24, 2.45) is 0 Å². The highest BCUT2D eigenvalue weighted by Crippen LogP contribution is 2.37. The minimum Gasteiger partial charge on any atom is -0.373 e. The molecule has 0 bridgehead atoms. The Morgan fingerprint density at radius 3 is 2.52 bits per heavy atom. The molecule has 2 amide bonds. The molecule has 1 aliphatic carbocycles. The van der Waals surface area contributed by atoms with Crippen LogP contribution < -0.4 is 5.32 Å². The molecule has 3 aliphatic rings. The van der Waals surface area contributed by atoms with E-state index in [2.05, 4.69) is 12.2 Å². The maximum absolute atomic E-state index is 12.7. The molecule has 2 heterocycles. The van der Waals surface area contributed by atoms with Gasteiger partial charge in [0.15, 0.2) is 0 Å². The van der Waals surface area contributed by atoms with Crippen LogP contribution in [0.3, 0.4) is 0 Å². The second-order valence-electron chi connectivity index (χ2n) is 6.88. The molecule has 21 heavy (non-hydrogen) atoms. The van der Waals surface area contributed by atoms with Crippen molar-refractivity contribution in [3.63, 3.8) is 0 Å². The molecule has 2 saturated heterocycles. The van der Waals surface area contributed by atoms with Crippen LogP contribution >= 0.6 is 0 Å². The normalized spacial score (nSPS) is 36.1. The number of carbonyl (C=O) groups is 2. The van der Waals surface area contributed by atoms with Crippen LogP contribution in [0.5, 0.6) is 0 Å². The SMILES string of the molecule is CC1CCC(CN2C(=O)C(C)NC(=O)C23CCCCC3)O1. The third kappa shape index (κ3) is 2.56. The summed E-state index contributed by atoms with van der Waals surface area (Å²) in [4.78, 5) is 27.2. The third-order valence-electron chi connectivity index (χ3n) is 5.31. The predicted octanol–water partition coefficient (Wildman–Crippen LogP) is 1.60. The van der Waals surface area contributed by atoms with Crippen LogP contribution in [0.4, 0.5) is 0 Å². The zero-order chi connectivity index (χ0) is 15.0. The molecule has 0 aromatic carbocycles. The van der Waals surface area contributed by atoms with Gasteiger partial charge in [-0.2, -0.15) is 0 Å². The van der Waals surface area contributed by atoms with Crippen molar-refractivity contribution in [1.29, 1.82) is 0 Å². The first kappa shape index (κ1) is 14.8. The molecule has 3 fully saturated rings. The van der Waals surface area contributed by atoms with Crippen LogP contribution in [-0.4, -0.2) is 47.0 Å². The Balaban J connectivity index is 1.83. The van der Waals surface area contributed by atoms with E-state index in [9.17, 15) is 9.59 Å². The lowest BCUT2D eigenvalue weighted by molar-refractivity contribution is -0.162. The molecular weight excluding hydrogens is 268 g/mol. The van der Waals surface area contributed by atoms with E-state index in [-0.39, 0.29) is 24.0 Å². The molecule has 5 nitrogen and oxygen atoms in total. The first-order chi connectivity index (χ1) is 10.0. The fourth-order valence-electron chi connectivity index (χ4n) is 4.08. The van der Waals surface area contributed by atoms with E-state index in [0.29, 0.717) is 6.54 Å². The molecule has 3 atom stereocenters. The Kier molecular flexibility index (Phi) is 3.95. The summed E-state index contributed by atoms with van der Waals surface area (Å²) in [7, 11) is 0. The average Bonchev–Trinajstić information content (AvgIpc) is 2.88. The van der Waals surface area contributed by atoms with Gasteiger partial charge >= 0.3 is 0 Å². The van der Waals surface area contributed by atoms with Crippen LogP contribution in [-0.2, 0) is 14.3 Å². The van der Waals surface area contributed by atoms with Gasteiger partial charge in [0.25, 0.3) is 0 Å². The van der Waals surface area contributed by atoms with Gasteiger partial charge < -0.3 is 15.0 Å². The Bertz CT molecular complexity index is 431. The first-order valence-electron chi connectivity index (χ1n) is 8.31. The second kappa shape index (κ2) is 5.59. The lowest BCUT2D eigenvalue weighted by Gasteiger charge is -2.50. The number of nitrogens with one attached hydrogen (secondary N) is 1. The minimum absolute atomic E-state index is 0.0420. The molecule has 0 radical (unpaired) electrons. The van der Waals surface area contributed by atoms with Crippen molar-refractivity contribution in [2.45, 2.75) is 82.6 Å². The second-order valence-corrected chi connectivity index (χ2v) is 6.88. The largest absolute Gasteiger partial charge is 0.373 e. The fourth-order valence-corrected chi connectivity index (χ4v) is 4.08. The quantitative estimate of drug-likeness (QED) is 0.841. The monoisotopic (exact) mass is 294 g/mol. The average molecular weight is 294 g/mol. The van der Waals surface area contributed by atoms with Crippen molar-refractivity contribution in [3.8, 4) is 0 Å². The van der Waals surface area contributed by atoms with Gasteiger partial charge in [0.2, 0.25) is 11.8 Å². The molecule has 5 heteroatoms. The summed E-state index contributed by atoms with van der Waals surface area (Å²) in [6.45, 7) is 4.42. The standard InChI is InChI=1S/C16H26N2O3/c1-11-6-7-13(21-11)10-18-14(19)12(2)17-15(20)16(18)8-4-3-5-9-16/h11-13H,3-10H2,1-2H3,(H,17,20). The van der Waals surface area contributed by atoms with Gasteiger partial charge in [0, 0.05) is 6.54 Å². The summed E-state index contributed by atoms with van der Waals surface area (Å²) in [5.41, 5.74) is -0.614. The van der Waals surface area contributed by atoms with E-state index in [0.717, 1.165) is 44.9 Å². The van der Waals surface area contributed by atoms with E-state index >= 15 is 0 Å². The highest BCUT2D eigenvalue weighted by molar-refractivity contribution is 5.99. The number of rotatable bonds is 2. The minimum atomic E-state index is -0.614. The highest BCUT2D eigenvalue weighted by Gasteiger charge is 2.52. The zero-order valence-electron chi connectivity index (χ0n) is 13.1. The molecule has 3 rings (SSSR count). The molecule has 118 valence electrons. The number of hydrogen-bond donors (Lipinski definition) is 1. The number of carbonyl (C=O) groups excluding carboxylic acids is 2. The topological polar surface area (TPSA) is 58.6 Å². The van der Waals surface area contributed by atoms with E-state index in [4.69, 9.17) is 4.74 Å². The molecule has 1 N–H and O–H groups in total. The summed E-state index contributed by atoms with van der Waals surface area (Å²) in [6.07, 6.45) is 7.16. The fraction of sp³-hybridized carbons (Fsp3) is 0.875. The van der Waals surface area contributed by atoms with Gasteiger partial charge in [-0.1, -0.05) is 19.3 Å². The van der Waals surface area contributed by atoms with Crippen molar-refractivity contribution in [3.05, 3.63) is 0 Å². The van der Waals surface area contributed by atoms with Crippen molar-refractivity contribution < 1.29 is 14.3 Å². The summed E-state index contributed by atoms with van der Waals surface area (Å²) in [5, 5.41) is 2.88. The maximum atomic E-state index is 12.7. The molecular formula is C16H26N2O3. The number of ether oxygens (including phenoxy) is 1. The van der Waals surface area contributed by atoms with Crippen LogP contribution in [0.25, 0.3) is 0 Å². The van der Waals surface area contributed by atoms with Crippen molar-refractivity contribution in [1.82, 2.24) is 10.2 Å². The van der Waals surface area contributed by atoms with Gasteiger partial charge in [-0.3, -0.25) is 9.59 Å². The first-order valence-corrected chi connectivity index (χ1v) is 8.31. The van der Waals surface area contributed by atoms with Crippen LogP contribution in [0.1, 0.15) is 58.8 Å². The van der Waals surface area contributed by atoms with Crippen molar-refractivity contribution >= 4 is 11.8 Å². The maximum Gasteiger partial charge on any atom is 0.246 e. The predicted molar refractivity (Wildman–Crippen MR) is 78.7 cm³/mol. The summed E-state index contributed by atoms with van der Waals surface area (Å²) in [5.74, 6) is 0.0972. The third-order valence-corrected chi connectivity index (χ3v) is 5.31.